The molecule has 0 spiro atoms. The van der Waals surface area contributed by atoms with Crippen molar-refractivity contribution in [3.05, 3.63) is 63.6 Å². The first kappa shape index (κ1) is 28.0. The van der Waals surface area contributed by atoms with Gasteiger partial charge in [0.1, 0.15) is 0 Å². The number of likely N-dealkylation sites (tertiary alicyclic amines) is 1. The van der Waals surface area contributed by atoms with Gasteiger partial charge in [0.15, 0.2) is 0 Å². The Balaban J connectivity index is 1.52. The highest BCUT2D eigenvalue weighted by atomic mass is 35.5. The summed E-state index contributed by atoms with van der Waals surface area (Å²) >= 11 is 12.6. The smallest absolute Gasteiger partial charge is 0.320 e. The number of amides is 2. The van der Waals surface area contributed by atoms with Gasteiger partial charge in [-0.15, -0.1) is 0 Å². The van der Waals surface area contributed by atoms with E-state index in [2.05, 4.69) is 41.1 Å². The molecule has 202 valence electrons. The summed E-state index contributed by atoms with van der Waals surface area (Å²) in [5, 5.41) is 1.01. The van der Waals surface area contributed by atoms with Crippen LogP contribution in [0.25, 0.3) is 0 Å². The molecule has 0 aromatic heterocycles. The van der Waals surface area contributed by atoms with Crippen molar-refractivity contribution in [1.29, 1.82) is 0 Å². The van der Waals surface area contributed by atoms with Crippen LogP contribution < -0.4 is 4.90 Å². The summed E-state index contributed by atoms with van der Waals surface area (Å²) in [5.74, 6) is 0.0575. The van der Waals surface area contributed by atoms with Crippen LogP contribution in [0.3, 0.4) is 0 Å². The van der Waals surface area contributed by atoms with Crippen molar-refractivity contribution < 1.29 is 13.2 Å². The SMILES string of the molecule is CN(C)c1ccc(CN(C)[C@@H]2CN(C(=O)N3CCN(S(C)(=O)=O)CC3)C[C@@H]2c2ccc(Cl)c(Cl)c2)cc1. The molecule has 0 bridgehead atoms. The number of benzene rings is 2. The van der Waals surface area contributed by atoms with Crippen LogP contribution in [0.15, 0.2) is 42.5 Å². The van der Waals surface area contributed by atoms with Gasteiger partial charge in [-0.05, 0) is 42.4 Å². The highest BCUT2D eigenvalue weighted by Gasteiger charge is 2.40. The number of piperazine rings is 1. The average Bonchev–Trinajstić information content (AvgIpc) is 3.31. The third-order valence-corrected chi connectivity index (χ3v) is 9.40. The molecule has 2 fully saturated rings. The van der Waals surface area contributed by atoms with Gasteiger partial charge in [-0.2, -0.15) is 4.31 Å². The van der Waals surface area contributed by atoms with E-state index in [1.54, 1.807) is 4.90 Å². The molecule has 2 amide bonds. The first-order valence-corrected chi connectivity index (χ1v) is 14.9. The minimum Gasteiger partial charge on any atom is -0.378 e. The topological polar surface area (TPSA) is 67.4 Å². The zero-order valence-corrected chi connectivity index (χ0v) is 24.1. The summed E-state index contributed by atoms with van der Waals surface area (Å²) in [6, 6.07) is 14.2. The van der Waals surface area contributed by atoms with Gasteiger partial charge in [-0.25, -0.2) is 13.2 Å². The molecule has 2 heterocycles. The Morgan fingerprint density at radius 3 is 2.14 bits per heavy atom. The first-order chi connectivity index (χ1) is 17.4. The van der Waals surface area contributed by atoms with Crippen LogP contribution >= 0.6 is 23.2 Å². The minimum absolute atomic E-state index is 0.0514. The molecule has 2 aliphatic heterocycles. The Hall–Kier alpha value is -2.04. The molecule has 4 rings (SSSR count). The second-order valence-corrected chi connectivity index (χ2v) is 13.0. The van der Waals surface area contributed by atoms with Crippen molar-refractivity contribution in [3.63, 3.8) is 0 Å². The average molecular weight is 569 g/mol. The van der Waals surface area contributed by atoms with Gasteiger partial charge in [-0.3, -0.25) is 4.90 Å². The van der Waals surface area contributed by atoms with Gasteiger partial charge < -0.3 is 14.7 Å². The Morgan fingerprint density at radius 1 is 0.919 bits per heavy atom. The van der Waals surface area contributed by atoms with E-state index >= 15 is 0 Å². The lowest BCUT2D eigenvalue weighted by Gasteiger charge is -2.35. The number of anilines is 1. The van der Waals surface area contributed by atoms with Crippen LogP contribution in [0.4, 0.5) is 10.5 Å². The number of likely N-dealkylation sites (N-methyl/N-ethyl adjacent to an activating group) is 1. The molecule has 0 saturated carbocycles. The van der Waals surface area contributed by atoms with Gasteiger partial charge in [0, 0.05) is 77.6 Å². The number of hydrogen-bond donors (Lipinski definition) is 0. The minimum atomic E-state index is -3.25. The molecule has 11 heteroatoms. The van der Waals surface area contributed by atoms with E-state index in [0.717, 1.165) is 17.8 Å². The number of sulfonamides is 1. The van der Waals surface area contributed by atoms with Crippen LogP contribution in [0.5, 0.6) is 0 Å². The second-order valence-electron chi connectivity index (χ2n) is 10.2. The molecule has 2 atom stereocenters. The summed E-state index contributed by atoms with van der Waals surface area (Å²) in [4.78, 5) is 21.5. The molecule has 0 N–H and O–H groups in total. The van der Waals surface area contributed by atoms with E-state index in [1.807, 2.05) is 37.2 Å². The van der Waals surface area contributed by atoms with E-state index in [9.17, 15) is 13.2 Å². The zero-order chi connectivity index (χ0) is 26.9. The van der Waals surface area contributed by atoms with Gasteiger partial charge in [0.25, 0.3) is 0 Å². The lowest BCUT2D eigenvalue weighted by molar-refractivity contribution is 0.138. The second kappa shape index (κ2) is 11.4. The van der Waals surface area contributed by atoms with Crippen molar-refractivity contribution >= 4 is 44.9 Å². The number of carbonyl (C=O) groups is 1. The van der Waals surface area contributed by atoms with Gasteiger partial charge in [0.05, 0.1) is 16.3 Å². The van der Waals surface area contributed by atoms with Gasteiger partial charge in [-0.1, -0.05) is 41.4 Å². The fourth-order valence-corrected chi connectivity index (χ4v) is 6.31. The summed E-state index contributed by atoms with van der Waals surface area (Å²) in [6.45, 7) is 3.28. The van der Waals surface area contributed by atoms with Crippen molar-refractivity contribution in [3.8, 4) is 0 Å². The van der Waals surface area contributed by atoms with Gasteiger partial charge >= 0.3 is 6.03 Å². The van der Waals surface area contributed by atoms with E-state index in [-0.39, 0.29) is 18.0 Å². The predicted octanol–water partition coefficient (Wildman–Crippen LogP) is 3.66. The number of nitrogens with zero attached hydrogens (tertiary/aromatic N) is 5. The molecule has 2 aromatic rings. The molecule has 2 aliphatic rings. The zero-order valence-electron chi connectivity index (χ0n) is 21.8. The molecular formula is C26H35Cl2N5O3S. The van der Waals surface area contributed by atoms with Crippen molar-refractivity contribution in [2.24, 2.45) is 0 Å². The largest absolute Gasteiger partial charge is 0.378 e. The third-order valence-electron chi connectivity index (χ3n) is 7.36. The Labute approximate surface area is 230 Å². The maximum atomic E-state index is 13.5. The maximum absolute atomic E-state index is 13.5. The Kier molecular flexibility index (Phi) is 8.60. The third kappa shape index (κ3) is 6.52. The van der Waals surface area contributed by atoms with E-state index in [1.165, 1.54) is 16.1 Å². The molecule has 0 unspecified atom stereocenters. The molecule has 0 aliphatic carbocycles. The monoisotopic (exact) mass is 567 g/mol. The summed E-state index contributed by atoms with van der Waals surface area (Å²) in [7, 11) is 2.88. The normalized spacial score (nSPS) is 21.1. The number of carbonyl (C=O) groups excluding carboxylic acids is 1. The van der Waals surface area contributed by atoms with Crippen LogP contribution in [0.1, 0.15) is 17.0 Å². The van der Waals surface area contributed by atoms with Crippen molar-refractivity contribution in [2.45, 2.75) is 18.5 Å². The first-order valence-electron chi connectivity index (χ1n) is 12.3. The maximum Gasteiger partial charge on any atom is 0.320 e. The summed E-state index contributed by atoms with van der Waals surface area (Å²) in [5.41, 5.74) is 3.39. The number of rotatable bonds is 6. The number of urea groups is 1. The molecule has 0 radical (unpaired) electrons. The standard InChI is InChI=1S/C26H35Cl2N5O3S/c1-29(2)21-8-5-19(6-9-21)16-30(3)25-18-32(17-22(25)20-7-10-23(27)24(28)15-20)26(34)31-11-13-33(14-12-31)37(4,35)36/h5-10,15,22,25H,11-14,16-18H2,1-4H3/t22-,25-/m1/s1. The highest BCUT2D eigenvalue weighted by molar-refractivity contribution is 7.88. The van der Waals surface area contributed by atoms with Gasteiger partial charge in [0.2, 0.25) is 10.0 Å². The Bertz CT molecular complexity index is 1220. The van der Waals surface area contributed by atoms with Crippen LogP contribution in [-0.2, 0) is 16.6 Å². The summed E-state index contributed by atoms with van der Waals surface area (Å²) in [6.07, 6.45) is 1.21. The van der Waals surface area contributed by atoms with E-state index in [4.69, 9.17) is 23.2 Å². The van der Waals surface area contributed by atoms with Crippen LogP contribution in [-0.4, -0.2) is 106 Å². The molecule has 2 saturated heterocycles. The van der Waals surface area contributed by atoms with E-state index < -0.39 is 10.0 Å². The van der Waals surface area contributed by atoms with E-state index in [0.29, 0.717) is 49.3 Å². The lowest BCUT2D eigenvalue weighted by Crippen LogP contribution is -2.53. The highest BCUT2D eigenvalue weighted by Crippen LogP contribution is 2.35. The Morgan fingerprint density at radius 2 is 1.57 bits per heavy atom. The fraction of sp³-hybridized carbons (Fsp3) is 0.500. The predicted molar refractivity (Wildman–Crippen MR) is 150 cm³/mol. The van der Waals surface area contributed by atoms with Crippen molar-refractivity contribution in [2.75, 3.05) is 71.6 Å². The molecule has 2 aromatic carbocycles. The summed E-state index contributed by atoms with van der Waals surface area (Å²) < 4.78 is 25.2. The molecule has 8 nitrogen and oxygen atoms in total. The molecular weight excluding hydrogens is 533 g/mol. The number of halogens is 2. The number of hydrogen-bond acceptors (Lipinski definition) is 5. The van der Waals surface area contributed by atoms with Crippen molar-refractivity contribution in [1.82, 2.24) is 19.0 Å². The quantitative estimate of drug-likeness (QED) is 0.533. The van der Waals surface area contributed by atoms with Crippen LogP contribution in [0, 0.1) is 0 Å². The fourth-order valence-electron chi connectivity index (χ4n) is 5.18. The van der Waals surface area contributed by atoms with Crippen LogP contribution in [0.2, 0.25) is 10.0 Å². The lowest BCUT2D eigenvalue weighted by atomic mass is 9.93. The molecule has 37 heavy (non-hydrogen) atoms.